The molecule has 0 unspecified atom stereocenters. The molecular weight excluding hydrogens is 242 g/mol. The van der Waals surface area contributed by atoms with Gasteiger partial charge in [-0.05, 0) is 55.4 Å². The second kappa shape index (κ2) is 3.59. The van der Waals surface area contributed by atoms with E-state index in [1.165, 1.54) is 17.0 Å². The number of anilines is 1. The molecule has 2 bridgehead atoms. The Kier molecular flexibility index (Phi) is 2.08. The molecule has 1 heterocycles. The van der Waals surface area contributed by atoms with Gasteiger partial charge in [0.15, 0.2) is 0 Å². The molecule has 0 radical (unpaired) electrons. The van der Waals surface area contributed by atoms with Crippen LogP contribution in [-0.4, -0.2) is 16.9 Å². The van der Waals surface area contributed by atoms with E-state index >= 15 is 0 Å². The van der Waals surface area contributed by atoms with E-state index in [0.717, 1.165) is 19.3 Å². The molecule has 98 valence electrons. The highest BCUT2D eigenvalue weighted by Gasteiger charge is 2.61. The van der Waals surface area contributed by atoms with Gasteiger partial charge in [0.25, 0.3) is 0 Å². The Bertz CT molecular complexity index is 537. The van der Waals surface area contributed by atoms with Crippen molar-refractivity contribution < 1.29 is 14.7 Å². The topological polar surface area (TPSA) is 57.6 Å². The predicted octanol–water partition coefficient (Wildman–Crippen LogP) is 1.93. The van der Waals surface area contributed by atoms with Gasteiger partial charge >= 0.3 is 0 Å². The largest absolute Gasteiger partial charge is 0.508 e. The summed E-state index contributed by atoms with van der Waals surface area (Å²) in [7, 11) is 0. The Morgan fingerprint density at radius 3 is 2.00 bits per heavy atom. The maximum atomic E-state index is 12.5. The number of aromatic hydroxyl groups is 1. The Morgan fingerprint density at radius 1 is 0.947 bits per heavy atom. The molecule has 0 spiro atoms. The highest BCUT2D eigenvalue weighted by atomic mass is 16.3. The SMILES string of the molecule is O=C1[C@H]2[C@H]3CC[C@@H](C3)[C@@H]2C(=O)N1c1ccc(O)cc1. The molecule has 1 aromatic carbocycles. The molecule has 2 saturated carbocycles. The van der Waals surface area contributed by atoms with Crippen LogP contribution < -0.4 is 4.90 Å². The first-order chi connectivity index (χ1) is 9.16. The zero-order valence-corrected chi connectivity index (χ0v) is 10.5. The van der Waals surface area contributed by atoms with Crippen LogP contribution in [0, 0.1) is 23.7 Å². The second-order valence-electron chi connectivity index (χ2n) is 5.91. The number of nitrogens with zero attached hydrogens (tertiary/aromatic N) is 1. The fourth-order valence-corrected chi connectivity index (χ4v) is 4.26. The third kappa shape index (κ3) is 1.34. The Hall–Kier alpha value is -1.84. The van der Waals surface area contributed by atoms with Gasteiger partial charge in [0, 0.05) is 0 Å². The average molecular weight is 257 g/mol. The zero-order chi connectivity index (χ0) is 13.1. The number of carbonyl (C=O) groups excluding carboxylic acids is 2. The molecule has 3 fully saturated rings. The van der Waals surface area contributed by atoms with Crippen molar-refractivity contribution >= 4 is 17.5 Å². The molecule has 1 aliphatic heterocycles. The molecule has 2 amide bonds. The van der Waals surface area contributed by atoms with E-state index in [9.17, 15) is 14.7 Å². The van der Waals surface area contributed by atoms with Crippen LogP contribution in [0.15, 0.2) is 24.3 Å². The highest BCUT2D eigenvalue weighted by molar-refractivity contribution is 6.22. The van der Waals surface area contributed by atoms with Crippen LogP contribution in [0.25, 0.3) is 0 Å². The molecule has 4 rings (SSSR count). The summed E-state index contributed by atoms with van der Waals surface area (Å²) in [4.78, 5) is 26.4. The van der Waals surface area contributed by atoms with Gasteiger partial charge in [-0.15, -0.1) is 0 Å². The lowest BCUT2D eigenvalue weighted by Gasteiger charge is -2.19. The molecule has 1 saturated heterocycles. The minimum Gasteiger partial charge on any atom is -0.508 e. The molecule has 4 heteroatoms. The van der Waals surface area contributed by atoms with Gasteiger partial charge in [-0.2, -0.15) is 0 Å². The number of carbonyl (C=O) groups is 2. The minimum atomic E-state index is -0.0833. The van der Waals surface area contributed by atoms with Gasteiger partial charge < -0.3 is 5.11 Å². The van der Waals surface area contributed by atoms with E-state index in [4.69, 9.17) is 0 Å². The Morgan fingerprint density at radius 2 is 1.47 bits per heavy atom. The first-order valence-electron chi connectivity index (χ1n) is 6.83. The predicted molar refractivity (Wildman–Crippen MR) is 68.4 cm³/mol. The fraction of sp³-hybridized carbons (Fsp3) is 0.467. The molecule has 3 aliphatic rings. The van der Waals surface area contributed by atoms with Crippen molar-refractivity contribution in [1.29, 1.82) is 0 Å². The van der Waals surface area contributed by atoms with Crippen LogP contribution in [-0.2, 0) is 9.59 Å². The van der Waals surface area contributed by atoms with Crippen LogP contribution in [0.1, 0.15) is 19.3 Å². The summed E-state index contributed by atoms with van der Waals surface area (Å²) < 4.78 is 0. The van der Waals surface area contributed by atoms with Crippen molar-refractivity contribution in [2.45, 2.75) is 19.3 Å². The number of amides is 2. The highest BCUT2D eigenvalue weighted by Crippen LogP contribution is 2.56. The summed E-state index contributed by atoms with van der Waals surface area (Å²) in [5.74, 6) is 0.728. The quantitative estimate of drug-likeness (QED) is 0.782. The molecule has 1 aromatic rings. The summed E-state index contributed by atoms with van der Waals surface area (Å²) in [5, 5.41) is 9.30. The standard InChI is InChI=1S/C15H15NO3/c17-11-5-3-10(4-6-11)16-14(18)12-8-1-2-9(7-8)13(12)15(16)19/h3-6,8-9,12-13,17H,1-2,7H2/t8-,9-,12-,13-/m0/s1. The van der Waals surface area contributed by atoms with Crippen LogP contribution in [0.5, 0.6) is 5.75 Å². The lowest BCUT2D eigenvalue weighted by atomic mass is 9.81. The van der Waals surface area contributed by atoms with Crippen LogP contribution in [0.2, 0.25) is 0 Å². The summed E-state index contributed by atoms with van der Waals surface area (Å²) in [6.45, 7) is 0. The molecule has 19 heavy (non-hydrogen) atoms. The molecule has 4 nitrogen and oxygen atoms in total. The summed E-state index contributed by atoms with van der Waals surface area (Å²) in [5.41, 5.74) is 0.585. The number of rotatable bonds is 1. The summed E-state index contributed by atoms with van der Waals surface area (Å²) in [6, 6.07) is 6.29. The van der Waals surface area contributed by atoms with Gasteiger partial charge in [0.05, 0.1) is 17.5 Å². The van der Waals surface area contributed by atoms with Gasteiger partial charge in [0.1, 0.15) is 5.75 Å². The second-order valence-corrected chi connectivity index (χ2v) is 5.91. The third-order valence-electron chi connectivity index (χ3n) is 5.04. The normalized spacial score (nSPS) is 36.1. The van der Waals surface area contributed by atoms with E-state index in [1.54, 1.807) is 12.1 Å². The van der Waals surface area contributed by atoms with Crippen molar-refractivity contribution in [3.8, 4) is 5.75 Å². The summed E-state index contributed by atoms with van der Waals surface area (Å²) >= 11 is 0. The van der Waals surface area contributed by atoms with E-state index < -0.39 is 0 Å². The number of benzene rings is 1. The van der Waals surface area contributed by atoms with Crippen molar-refractivity contribution in [3.63, 3.8) is 0 Å². The van der Waals surface area contributed by atoms with Gasteiger partial charge in [-0.25, -0.2) is 0 Å². The number of imide groups is 1. The number of fused-ring (bicyclic) bond motifs is 5. The fourth-order valence-electron chi connectivity index (χ4n) is 4.26. The maximum absolute atomic E-state index is 12.5. The maximum Gasteiger partial charge on any atom is 0.237 e. The molecule has 0 aromatic heterocycles. The molecule has 4 atom stereocenters. The zero-order valence-electron chi connectivity index (χ0n) is 10.5. The van der Waals surface area contributed by atoms with Crippen molar-refractivity contribution in [2.75, 3.05) is 4.90 Å². The minimum absolute atomic E-state index is 0.0344. The first-order valence-corrected chi connectivity index (χ1v) is 6.83. The lowest BCUT2D eigenvalue weighted by molar-refractivity contribution is -0.123. The van der Waals surface area contributed by atoms with E-state index in [-0.39, 0.29) is 29.4 Å². The van der Waals surface area contributed by atoms with E-state index in [1.807, 2.05) is 0 Å². The van der Waals surface area contributed by atoms with E-state index in [0.29, 0.717) is 17.5 Å². The third-order valence-corrected chi connectivity index (χ3v) is 5.04. The summed E-state index contributed by atoms with van der Waals surface area (Å²) in [6.07, 6.45) is 3.23. The van der Waals surface area contributed by atoms with Crippen LogP contribution in [0.3, 0.4) is 0 Å². The van der Waals surface area contributed by atoms with Crippen molar-refractivity contribution in [1.82, 2.24) is 0 Å². The van der Waals surface area contributed by atoms with E-state index in [2.05, 4.69) is 0 Å². The van der Waals surface area contributed by atoms with Crippen molar-refractivity contribution in [3.05, 3.63) is 24.3 Å². The van der Waals surface area contributed by atoms with Gasteiger partial charge in [0.2, 0.25) is 11.8 Å². The van der Waals surface area contributed by atoms with Gasteiger partial charge in [-0.3, -0.25) is 14.5 Å². The average Bonchev–Trinajstić information content (AvgIpc) is 3.06. The Balaban J connectivity index is 1.73. The van der Waals surface area contributed by atoms with Crippen LogP contribution >= 0.6 is 0 Å². The lowest BCUT2D eigenvalue weighted by Crippen LogP contribution is -2.32. The monoisotopic (exact) mass is 257 g/mol. The molecular formula is C15H15NO3. The number of hydrogen-bond donors (Lipinski definition) is 1. The molecule has 2 aliphatic carbocycles. The molecule has 1 N–H and O–H groups in total. The van der Waals surface area contributed by atoms with Crippen LogP contribution in [0.4, 0.5) is 5.69 Å². The number of phenols is 1. The first kappa shape index (κ1) is 11.0. The Labute approximate surface area is 111 Å². The van der Waals surface area contributed by atoms with Crippen molar-refractivity contribution in [2.24, 2.45) is 23.7 Å². The smallest absolute Gasteiger partial charge is 0.237 e. The number of phenolic OH excluding ortho intramolecular Hbond substituents is 1. The van der Waals surface area contributed by atoms with Gasteiger partial charge in [-0.1, -0.05) is 0 Å². The number of hydrogen-bond acceptors (Lipinski definition) is 3.